The van der Waals surface area contributed by atoms with Crippen molar-refractivity contribution in [2.45, 2.75) is 51.9 Å². The highest BCUT2D eigenvalue weighted by Crippen LogP contribution is 2.33. The first-order valence-corrected chi connectivity index (χ1v) is 8.50. The van der Waals surface area contributed by atoms with Crippen LogP contribution in [0.4, 0.5) is 0 Å². The molecule has 1 N–H and O–H groups in total. The van der Waals surface area contributed by atoms with Crippen molar-refractivity contribution in [2.75, 3.05) is 13.7 Å². The molecule has 3 rings (SSSR count). The number of aromatic amines is 1. The maximum Gasteiger partial charge on any atom is 0.343 e. The van der Waals surface area contributed by atoms with Crippen LogP contribution in [0.1, 0.15) is 55.6 Å². The number of hydrogen-bond donors (Lipinski definition) is 1. The van der Waals surface area contributed by atoms with Gasteiger partial charge in [0.2, 0.25) is 0 Å². The van der Waals surface area contributed by atoms with E-state index in [9.17, 15) is 9.59 Å². The molecular weight excluding hydrogens is 324 g/mol. The Hall–Kier alpha value is -2.42. The van der Waals surface area contributed by atoms with Gasteiger partial charge in [-0.15, -0.1) is 0 Å². The van der Waals surface area contributed by atoms with Gasteiger partial charge in [0, 0.05) is 38.9 Å². The smallest absolute Gasteiger partial charge is 0.343 e. The summed E-state index contributed by atoms with van der Waals surface area (Å²) in [6.45, 7) is 6.82. The Labute approximate surface area is 145 Å². The van der Waals surface area contributed by atoms with Crippen molar-refractivity contribution in [1.82, 2.24) is 29.4 Å². The molecule has 2 aromatic rings. The lowest BCUT2D eigenvalue weighted by molar-refractivity contribution is 0.0675. The number of ether oxygens (including phenoxy) is 1. The van der Waals surface area contributed by atoms with Crippen LogP contribution in [-0.2, 0) is 11.3 Å². The zero-order valence-electron chi connectivity index (χ0n) is 15.0. The van der Waals surface area contributed by atoms with Gasteiger partial charge in [-0.1, -0.05) is 0 Å². The van der Waals surface area contributed by atoms with Crippen molar-refractivity contribution < 1.29 is 9.53 Å². The molecule has 9 nitrogen and oxygen atoms in total. The molecular formula is C16H24N6O3. The molecule has 25 heavy (non-hydrogen) atoms. The van der Waals surface area contributed by atoms with Crippen LogP contribution in [0.15, 0.2) is 17.1 Å². The first-order chi connectivity index (χ1) is 12.0. The lowest BCUT2D eigenvalue weighted by Gasteiger charge is -2.23. The number of carbonyl (C=O) groups is 1. The maximum absolute atomic E-state index is 13.0. The summed E-state index contributed by atoms with van der Waals surface area (Å²) in [5.74, 6) is 0.380. The van der Waals surface area contributed by atoms with Crippen molar-refractivity contribution in [2.24, 2.45) is 0 Å². The number of likely N-dealkylation sites (tertiary alicyclic amines) is 1. The number of aromatic nitrogens is 5. The van der Waals surface area contributed by atoms with Crippen LogP contribution in [0.5, 0.6) is 0 Å². The molecule has 0 radical (unpaired) electrons. The monoisotopic (exact) mass is 348 g/mol. The second kappa shape index (κ2) is 6.83. The largest absolute Gasteiger partial charge is 0.380 e. The van der Waals surface area contributed by atoms with E-state index in [1.165, 1.54) is 0 Å². The van der Waals surface area contributed by atoms with Gasteiger partial charge in [0.25, 0.3) is 5.91 Å². The van der Waals surface area contributed by atoms with E-state index in [-0.39, 0.29) is 29.8 Å². The second-order valence-corrected chi connectivity index (χ2v) is 6.47. The van der Waals surface area contributed by atoms with Gasteiger partial charge in [-0.25, -0.2) is 9.89 Å². The molecule has 0 spiro atoms. The Morgan fingerprint density at radius 1 is 1.48 bits per heavy atom. The zero-order valence-corrected chi connectivity index (χ0v) is 15.0. The summed E-state index contributed by atoms with van der Waals surface area (Å²) >= 11 is 0. The fourth-order valence-corrected chi connectivity index (χ4v) is 3.21. The fraction of sp³-hybridized carbons (Fsp3) is 0.625. The van der Waals surface area contributed by atoms with Gasteiger partial charge >= 0.3 is 5.69 Å². The highest BCUT2D eigenvalue weighted by molar-refractivity contribution is 5.92. The van der Waals surface area contributed by atoms with Crippen LogP contribution in [-0.4, -0.2) is 55.1 Å². The summed E-state index contributed by atoms with van der Waals surface area (Å²) in [7, 11) is 1.63. The minimum absolute atomic E-state index is 0.0988. The van der Waals surface area contributed by atoms with Crippen LogP contribution in [0, 0.1) is 0 Å². The fourth-order valence-electron chi connectivity index (χ4n) is 3.21. The van der Waals surface area contributed by atoms with E-state index in [0.29, 0.717) is 31.0 Å². The summed E-state index contributed by atoms with van der Waals surface area (Å²) in [5, 5.41) is 11.0. The minimum Gasteiger partial charge on any atom is -0.380 e. The van der Waals surface area contributed by atoms with Crippen LogP contribution in [0.2, 0.25) is 0 Å². The van der Waals surface area contributed by atoms with E-state index in [0.717, 1.165) is 0 Å². The molecule has 3 heterocycles. The first kappa shape index (κ1) is 17.4. The molecule has 1 saturated heterocycles. The molecule has 0 aliphatic carbocycles. The summed E-state index contributed by atoms with van der Waals surface area (Å²) < 4.78 is 8.76. The Morgan fingerprint density at radius 2 is 2.24 bits per heavy atom. The predicted octanol–water partition coefficient (Wildman–Crippen LogP) is 0.971. The third-order valence-electron chi connectivity index (χ3n) is 4.62. The number of nitrogens with zero attached hydrogens (tertiary/aromatic N) is 5. The number of hydrogen-bond acceptors (Lipinski definition) is 5. The summed E-state index contributed by atoms with van der Waals surface area (Å²) in [6.07, 6.45) is 2.29. The third kappa shape index (κ3) is 3.11. The Kier molecular flexibility index (Phi) is 4.76. The number of amides is 1. The molecule has 0 aromatic carbocycles. The van der Waals surface area contributed by atoms with Crippen LogP contribution >= 0.6 is 0 Å². The normalized spacial score (nSPS) is 20.6. The Bertz CT molecular complexity index is 805. The van der Waals surface area contributed by atoms with Crippen molar-refractivity contribution in [3.63, 3.8) is 0 Å². The van der Waals surface area contributed by atoms with Crippen molar-refractivity contribution in [3.05, 3.63) is 34.3 Å². The highest BCUT2D eigenvalue weighted by atomic mass is 16.5. The van der Waals surface area contributed by atoms with E-state index in [1.54, 1.807) is 33.5 Å². The van der Waals surface area contributed by atoms with Crippen LogP contribution < -0.4 is 5.69 Å². The molecule has 9 heteroatoms. The van der Waals surface area contributed by atoms with E-state index in [1.807, 2.05) is 20.8 Å². The number of rotatable bonds is 5. The molecule has 136 valence electrons. The molecule has 0 bridgehead atoms. The molecule has 0 saturated carbocycles. The van der Waals surface area contributed by atoms with E-state index < -0.39 is 0 Å². The molecule has 1 aliphatic heterocycles. The highest BCUT2D eigenvalue weighted by Gasteiger charge is 2.40. The van der Waals surface area contributed by atoms with Crippen molar-refractivity contribution in [3.8, 4) is 0 Å². The van der Waals surface area contributed by atoms with Gasteiger partial charge in [0.05, 0.1) is 12.1 Å². The van der Waals surface area contributed by atoms with Crippen molar-refractivity contribution in [1.29, 1.82) is 0 Å². The Morgan fingerprint density at radius 3 is 2.84 bits per heavy atom. The zero-order chi connectivity index (χ0) is 18.1. The van der Waals surface area contributed by atoms with E-state index in [4.69, 9.17) is 4.74 Å². The van der Waals surface area contributed by atoms with Crippen molar-refractivity contribution >= 4 is 5.91 Å². The standard InChI is InChI=1S/C16H24N6O3/c1-5-20-14(17-18-16(20)24)13-8-11(25-4)9-21(13)15(23)12-6-7-22(19-12)10(2)3/h6-7,10-11,13H,5,8-9H2,1-4H3,(H,18,24)/t11-,13-/m0/s1. The first-order valence-electron chi connectivity index (χ1n) is 8.50. The average Bonchev–Trinajstić information content (AvgIpc) is 3.31. The molecule has 1 aliphatic rings. The third-order valence-corrected chi connectivity index (χ3v) is 4.62. The summed E-state index contributed by atoms with van der Waals surface area (Å²) in [5.41, 5.74) is 0.117. The SMILES string of the molecule is CCn1c([C@@H]2C[C@H](OC)CN2C(=O)c2ccn(C(C)C)n2)n[nH]c1=O. The topological polar surface area (TPSA) is 98.0 Å². The summed E-state index contributed by atoms with van der Waals surface area (Å²) in [6, 6.07) is 1.58. The lowest BCUT2D eigenvalue weighted by atomic mass is 10.2. The minimum atomic E-state index is -0.319. The predicted molar refractivity (Wildman–Crippen MR) is 90.3 cm³/mol. The van der Waals surface area contributed by atoms with E-state index in [2.05, 4.69) is 15.3 Å². The number of carbonyl (C=O) groups excluding carboxylic acids is 1. The van der Waals surface area contributed by atoms with Crippen LogP contribution in [0.25, 0.3) is 0 Å². The molecule has 1 amide bonds. The molecule has 2 aromatic heterocycles. The molecule has 2 atom stereocenters. The second-order valence-electron chi connectivity index (χ2n) is 6.47. The van der Waals surface area contributed by atoms with Gasteiger partial charge in [0.15, 0.2) is 5.82 Å². The lowest BCUT2D eigenvalue weighted by Crippen LogP contribution is -2.34. The molecule has 1 fully saturated rings. The number of nitrogens with one attached hydrogen (secondary N) is 1. The van der Waals surface area contributed by atoms with Gasteiger partial charge in [-0.3, -0.25) is 14.0 Å². The Balaban J connectivity index is 1.93. The van der Waals surface area contributed by atoms with E-state index >= 15 is 0 Å². The number of H-pyrrole nitrogens is 1. The van der Waals surface area contributed by atoms with Gasteiger partial charge in [-0.2, -0.15) is 10.2 Å². The van der Waals surface area contributed by atoms with Gasteiger partial charge in [0.1, 0.15) is 5.69 Å². The summed E-state index contributed by atoms with van der Waals surface area (Å²) in [4.78, 5) is 26.6. The average molecular weight is 348 g/mol. The maximum atomic E-state index is 13.0. The molecule has 0 unspecified atom stereocenters. The van der Waals surface area contributed by atoms with Crippen LogP contribution in [0.3, 0.4) is 0 Å². The number of methoxy groups -OCH3 is 1. The van der Waals surface area contributed by atoms with Gasteiger partial charge < -0.3 is 9.64 Å². The van der Waals surface area contributed by atoms with Gasteiger partial charge in [-0.05, 0) is 26.8 Å². The quantitative estimate of drug-likeness (QED) is 0.868.